The maximum absolute atomic E-state index is 10.7. The second kappa shape index (κ2) is 3.88. The molecule has 0 unspecified atom stereocenters. The third-order valence-electron chi connectivity index (χ3n) is 1.46. The number of nitrogens with one attached hydrogen (secondary N) is 1. The van der Waals surface area contributed by atoms with E-state index in [2.05, 4.69) is 5.43 Å². The largest absolute Gasteiger partial charge is 0.366 e. The molecule has 4 N–H and O–H groups in total. The smallest absolute Gasteiger partial charge is 0.248 e. The summed E-state index contributed by atoms with van der Waals surface area (Å²) in [6.45, 7) is 0. The molecule has 0 aliphatic rings. The topological polar surface area (TPSA) is 78.6 Å². The molecule has 0 aliphatic carbocycles. The van der Waals surface area contributed by atoms with Gasteiger partial charge in [-0.25, -0.2) is 0 Å². The van der Waals surface area contributed by atoms with Crippen molar-refractivity contribution < 1.29 is 10.0 Å². The molecule has 0 aromatic heterocycles. The second-order valence-electron chi connectivity index (χ2n) is 2.58. The minimum atomic E-state index is -0.469. The summed E-state index contributed by atoms with van der Waals surface area (Å²) >= 11 is 0. The molecule has 1 rings (SSSR count). The Kier molecular flexibility index (Phi) is 2.84. The molecule has 0 bridgehead atoms. The van der Waals surface area contributed by atoms with Gasteiger partial charge in [0.15, 0.2) is 0 Å². The van der Waals surface area contributed by atoms with Crippen LogP contribution < -0.4 is 11.2 Å². The van der Waals surface area contributed by atoms with Crippen LogP contribution in [0.2, 0.25) is 0 Å². The number of carbonyl (C=O) groups excluding carboxylic acids is 1. The van der Waals surface area contributed by atoms with Crippen molar-refractivity contribution in [2.75, 3.05) is 12.5 Å². The number of rotatable bonds is 3. The van der Waals surface area contributed by atoms with Crippen molar-refractivity contribution in [2.24, 2.45) is 5.73 Å². The predicted octanol–water partition coefficient (Wildman–Crippen LogP) is 0.433. The molecule has 0 radical (unpaired) electrons. The molecule has 70 valence electrons. The number of nitrogens with zero attached hydrogens (tertiary/aromatic N) is 1. The van der Waals surface area contributed by atoms with Crippen molar-refractivity contribution in [3.8, 4) is 0 Å². The average molecular weight is 181 g/mol. The zero-order valence-corrected chi connectivity index (χ0v) is 7.19. The van der Waals surface area contributed by atoms with E-state index < -0.39 is 5.91 Å². The summed E-state index contributed by atoms with van der Waals surface area (Å²) in [6.07, 6.45) is 0. The summed E-state index contributed by atoms with van der Waals surface area (Å²) in [4.78, 5) is 10.7. The van der Waals surface area contributed by atoms with Gasteiger partial charge in [-0.3, -0.25) is 15.4 Å². The van der Waals surface area contributed by atoms with Crippen LogP contribution in [0.1, 0.15) is 10.4 Å². The Morgan fingerprint density at radius 1 is 1.46 bits per heavy atom. The molecule has 0 saturated carbocycles. The Bertz CT molecular complexity index is 295. The van der Waals surface area contributed by atoms with E-state index in [0.29, 0.717) is 11.3 Å². The third-order valence-corrected chi connectivity index (χ3v) is 1.46. The van der Waals surface area contributed by atoms with Crippen molar-refractivity contribution in [1.82, 2.24) is 5.17 Å². The van der Waals surface area contributed by atoms with Crippen LogP contribution in [0.4, 0.5) is 5.69 Å². The Labute approximate surface area is 75.7 Å². The normalized spacial score (nSPS) is 10.1. The lowest BCUT2D eigenvalue weighted by atomic mass is 10.2. The molecule has 0 spiro atoms. The molecule has 0 heterocycles. The zero-order valence-electron chi connectivity index (χ0n) is 7.19. The zero-order chi connectivity index (χ0) is 9.84. The summed E-state index contributed by atoms with van der Waals surface area (Å²) in [6, 6.07) is 6.45. The predicted molar refractivity (Wildman–Crippen MR) is 48.1 cm³/mol. The van der Waals surface area contributed by atoms with Crippen molar-refractivity contribution in [3.05, 3.63) is 29.8 Å². The molecular weight excluding hydrogens is 170 g/mol. The van der Waals surface area contributed by atoms with Gasteiger partial charge in [0.05, 0.1) is 5.69 Å². The van der Waals surface area contributed by atoms with Crippen LogP contribution in [0, 0.1) is 0 Å². The van der Waals surface area contributed by atoms with Crippen LogP contribution >= 0.6 is 0 Å². The van der Waals surface area contributed by atoms with E-state index in [4.69, 9.17) is 10.9 Å². The molecule has 1 amide bonds. The van der Waals surface area contributed by atoms with Crippen LogP contribution in [-0.4, -0.2) is 23.3 Å². The number of amides is 1. The fourth-order valence-corrected chi connectivity index (χ4v) is 0.896. The van der Waals surface area contributed by atoms with E-state index in [0.717, 1.165) is 5.17 Å². The maximum atomic E-state index is 10.7. The summed E-state index contributed by atoms with van der Waals surface area (Å²) in [5.41, 5.74) is 8.77. The SMILES string of the molecule is CN(O)Nc1ccc(C(N)=O)cc1. The van der Waals surface area contributed by atoms with Gasteiger partial charge < -0.3 is 5.73 Å². The number of primary amides is 1. The lowest BCUT2D eigenvalue weighted by Crippen LogP contribution is -2.20. The van der Waals surface area contributed by atoms with Crippen LogP contribution in [0.5, 0.6) is 0 Å². The van der Waals surface area contributed by atoms with Gasteiger partial charge in [-0.05, 0) is 24.3 Å². The van der Waals surface area contributed by atoms with E-state index in [-0.39, 0.29) is 0 Å². The first-order valence-corrected chi connectivity index (χ1v) is 3.68. The summed E-state index contributed by atoms with van der Waals surface area (Å²) in [7, 11) is 1.45. The Hall–Kier alpha value is -1.59. The number of hydrogen-bond acceptors (Lipinski definition) is 4. The van der Waals surface area contributed by atoms with Gasteiger partial charge in [0.1, 0.15) is 0 Å². The standard InChI is InChI=1S/C8H11N3O2/c1-11(13)10-7-4-2-6(3-5-7)8(9)12/h2-5,10,13H,1H3,(H2,9,12). The first-order chi connectivity index (χ1) is 6.09. The highest BCUT2D eigenvalue weighted by Gasteiger charge is 1.99. The van der Waals surface area contributed by atoms with Gasteiger partial charge in [0.25, 0.3) is 0 Å². The van der Waals surface area contributed by atoms with E-state index >= 15 is 0 Å². The van der Waals surface area contributed by atoms with Crippen molar-refractivity contribution in [3.63, 3.8) is 0 Å². The van der Waals surface area contributed by atoms with Crippen molar-refractivity contribution >= 4 is 11.6 Å². The van der Waals surface area contributed by atoms with Crippen molar-refractivity contribution in [2.45, 2.75) is 0 Å². The van der Waals surface area contributed by atoms with Gasteiger partial charge in [-0.15, -0.1) is 5.17 Å². The summed E-state index contributed by atoms with van der Waals surface area (Å²) < 4.78 is 0. The molecule has 0 saturated heterocycles. The summed E-state index contributed by atoms with van der Waals surface area (Å²) in [5.74, 6) is -0.469. The minimum absolute atomic E-state index is 0.436. The average Bonchev–Trinajstić information content (AvgIpc) is 2.04. The Balaban J connectivity index is 2.75. The van der Waals surface area contributed by atoms with E-state index in [1.807, 2.05) is 0 Å². The van der Waals surface area contributed by atoms with Crippen LogP contribution in [0.15, 0.2) is 24.3 Å². The molecule has 0 fully saturated rings. The highest BCUT2D eigenvalue weighted by Crippen LogP contribution is 2.08. The van der Waals surface area contributed by atoms with Gasteiger partial charge in [0.2, 0.25) is 5.91 Å². The monoisotopic (exact) mass is 181 g/mol. The second-order valence-corrected chi connectivity index (χ2v) is 2.58. The number of carbonyl (C=O) groups is 1. The highest BCUT2D eigenvalue weighted by atomic mass is 16.5. The lowest BCUT2D eigenvalue weighted by Gasteiger charge is -2.11. The van der Waals surface area contributed by atoms with Crippen molar-refractivity contribution in [1.29, 1.82) is 0 Å². The molecule has 13 heavy (non-hydrogen) atoms. The number of benzene rings is 1. The first-order valence-electron chi connectivity index (χ1n) is 3.68. The molecular formula is C8H11N3O2. The number of anilines is 1. The number of hydrazine groups is 1. The summed E-state index contributed by atoms with van der Waals surface area (Å²) in [5, 5.41) is 9.63. The van der Waals surface area contributed by atoms with Crippen LogP contribution in [0.3, 0.4) is 0 Å². The molecule has 0 atom stereocenters. The fraction of sp³-hybridized carbons (Fsp3) is 0.125. The fourth-order valence-electron chi connectivity index (χ4n) is 0.896. The first kappa shape index (κ1) is 9.50. The van der Waals surface area contributed by atoms with Gasteiger partial charge in [0, 0.05) is 12.6 Å². The quantitative estimate of drug-likeness (QED) is 0.591. The highest BCUT2D eigenvalue weighted by molar-refractivity contribution is 5.93. The molecule has 0 aliphatic heterocycles. The lowest BCUT2D eigenvalue weighted by molar-refractivity contribution is -0.0385. The number of nitrogens with two attached hydrogens (primary N) is 1. The molecule has 5 heteroatoms. The Morgan fingerprint density at radius 2 is 2.00 bits per heavy atom. The Morgan fingerprint density at radius 3 is 2.38 bits per heavy atom. The number of hydrogen-bond donors (Lipinski definition) is 3. The molecule has 1 aromatic rings. The molecule has 5 nitrogen and oxygen atoms in total. The van der Waals surface area contributed by atoms with Crippen LogP contribution in [0.25, 0.3) is 0 Å². The van der Waals surface area contributed by atoms with E-state index in [9.17, 15) is 4.79 Å². The van der Waals surface area contributed by atoms with Gasteiger partial charge >= 0.3 is 0 Å². The number of hydroxylamine groups is 1. The van der Waals surface area contributed by atoms with Crippen LogP contribution in [-0.2, 0) is 0 Å². The third kappa shape index (κ3) is 2.73. The van der Waals surface area contributed by atoms with E-state index in [1.54, 1.807) is 24.3 Å². The van der Waals surface area contributed by atoms with Gasteiger partial charge in [-0.1, -0.05) is 0 Å². The minimum Gasteiger partial charge on any atom is -0.366 e. The van der Waals surface area contributed by atoms with Gasteiger partial charge in [-0.2, -0.15) is 0 Å². The van der Waals surface area contributed by atoms with E-state index in [1.165, 1.54) is 7.05 Å². The maximum Gasteiger partial charge on any atom is 0.248 e. The molecule has 1 aromatic carbocycles.